The standard InChI is InChI=1S/C17H23N7.HI/c1-3-18-17(20-12-14-8-11-23(2)13-14)19-9-7-16-22-21-15-6-4-5-10-24(15)16;/h4-6,8,10-11,13H,3,7,9,12H2,1-2H3,(H2,18,19,20);1H. The fourth-order valence-electron chi connectivity index (χ4n) is 2.52. The van der Waals surface area contributed by atoms with Crippen LogP contribution in [-0.4, -0.2) is 38.2 Å². The van der Waals surface area contributed by atoms with Crippen molar-refractivity contribution in [2.75, 3.05) is 13.1 Å². The second-order valence-electron chi connectivity index (χ2n) is 5.60. The topological polar surface area (TPSA) is 71.5 Å². The molecule has 3 rings (SSSR count). The van der Waals surface area contributed by atoms with Gasteiger partial charge in [-0.05, 0) is 30.7 Å². The van der Waals surface area contributed by atoms with E-state index in [1.165, 1.54) is 5.56 Å². The predicted molar refractivity (Wildman–Crippen MR) is 110 cm³/mol. The molecule has 3 heterocycles. The minimum absolute atomic E-state index is 0. The second kappa shape index (κ2) is 9.40. The molecule has 134 valence electrons. The lowest BCUT2D eigenvalue weighted by Gasteiger charge is -2.10. The summed E-state index contributed by atoms with van der Waals surface area (Å²) in [6.07, 6.45) is 6.87. The molecule has 2 N–H and O–H groups in total. The summed E-state index contributed by atoms with van der Waals surface area (Å²) in [4.78, 5) is 4.62. The van der Waals surface area contributed by atoms with E-state index in [1.54, 1.807) is 0 Å². The Balaban J connectivity index is 0.00000225. The Bertz CT molecular complexity index is 821. The molecule has 0 aliphatic heterocycles. The Morgan fingerprint density at radius 1 is 1.16 bits per heavy atom. The molecule has 0 aromatic carbocycles. The molecule has 25 heavy (non-hydrogen) atoms. The molecule has 0 saturated heterocycles. The minimum Gasteiger partial charge on any atom is -0.357 e. The molecule has 0 unspecified atom stereocenters. The molecule has 0 fully saturated rings. The smallest absolute Gasteiger partial charge is 0.191 e. The van der Waals surface area contributed by atoms with Gasteiger partial charge in [-0.2, -0.15) is 0 Å². The maximum atomic E-state index is 4.62. The third kappa shape index (κ3) is 5.18. The van der Waals surface area contributed by atoms with Gasteiger partial charge in [0.2, 0.25) is 0 Å². The van der Waals surface area contributed by atoms with Crippen molar-refractivity contribution in [2.45, 2.75) is 19.9 Å². The van der Waals surface area contributed by atoms with Crippen LogP contribution < -0.4 is 10.6 Å². The predicted octanol–water partition coefficient (Wildman–Crippen LogP) is 1.98. The molecular weight excluding hydrogens is 429 g/mol. The quantitative estimate of drug-likeness (QED) is 0.340. The van der Waals surface area contributed by atoms with E-state index in [0.717, 1.165) is 36.9 Å². The lowest BCUT2D eigenvalue weighted by Crippen LogP contribution is -2.38. The first-order valence-corrected chi connectivity index (χ1v) is 8.18. The van der Waals surface area contributed by atoms with Crippen molar-refractivity contribution in [3.63, 3.8) is 0 Å². The largest absolute Gasteiger partial charge is 0.357 e. The number of nitrogens with zero attached hydrogens (tertiary/aromatic N) is 5. The van der Waals surface area contributed by atoms with Crippen LogP contribution in [0.5, 0.6) is 0 Å². The van der Waals surface area contributed by atoms with Gasteiger partial charge in [0.25, 0.3) is 0 Å². The first-order valence-electron chi connectivity index (χ1n) is 8.18. The van der Waals surface area contributed by atoms with E-state index in [0.29, 0.717) is 6.54 Å². The van der Waals surface area contributed by atoms with Crippen LogP contribution in [0.25, 0.3) is 5.65 Å². The normalized spacial score (nSPS) is 11.4. The van der Waals surface area contributed by atoms with E-state index in [2.05, 4.69) is 45.0 Å². The van der Waals surface area contributed by atoms with Gasteiger partial charge in [-0.1, -0.05) is 6.07 Å². The number of nitrogens with one attached hydrogen (secondary N) is 2. The Labute approximate surface area is 164 Å². The zero-order valence-electron chi connectivity index (χ0n) is 14.5. The summed E-state index contributed by atoms with van der Waals surface area (Å²) in [6, 6.07) is 7.98. The van der Waals surface area contributed by atoms with Crippen LogP contribution in [0.2, 0.25) is 0 Å². The van der Waals surface area contributed by atoms with E-state index >= 15 is 0 Å². The van der Waals surface area contributed by atoms with Gasteiger partial charge in [-0.3, -0.25) is 4.40 Å². The Hall–Kier alpha value is -2.10. The molecule has 7 nitrogen and oxygen atoms in total. The number of pyridine rings is 1. The first kappa shape index (κ1) is 19.2. The molecule has 0 amide bonds. The first-order chi connectivity index (χ1) is 11.8. The molecule has 8 heteroatoms. The Morgan fingerprint density at radius 2 is 2.04 bits per heavy atom. The van der Waals surface area contributed by atoms with Crippen LogP contribution in [0.4, 0.5) is 0 Å². The van der Waals surface area contributed by atoms with Crippen molar-refractivity contribution in [1.29, 1.82) is 0 Å². The summed E-state index contributed by atoms with van der Waals surface area (Å²) in [6.45, 7) is 4.29. The molecule has 0 spiro atoms. The van der Waals surface area contributed by atoms with Gasteiger partial charge in [0.1, 0.15) is 5.82 Å². The molecular formula is C17H24IN7. The fourth-order valence-corrected chi connectivity index (χ4v) is 2.52. The number of guanidine groups is 1. The summed E-state index contributed by atoms with van der Waals surface area (Å²) in [5.74, 6) is 1.76. The van der Waals surface area contributed by atoms with E-state index in [-0.39, 0.29) is 24.0 Å². The van der Waals surface area contributed by atoms with Crippen molar-refractivity contribution in [2.24, 2.45) is 12.0 Å². The monoisotopic (exact) mass is 453 g/mol. The van der Waals surface area contributed by atoms with Gasteiger partial charge in [0.05, 0.1) is 6.54 Å². The highest BCUT2D eigenvalue weighted by atomic mass is 127. The van der Waals surface area contributed by atoms with E-state index < -0.39 is 0 Å². The number of rotatable bonds is 6. The van der Waals surface area contributed by atoms with Crippen LogP contribution in [0.1, 0.15) is 18.3 Å². The molecule has 0 atom stereocenters. The number of aromatic nitrogens is 4. The highest BCUT2D eigenvalue weighted by molar-refractivity contribution is 14.0. The third-order valence-corrected chi connectivity index (χ3v) is 3.68. The van der Waals surface area contributed by atoms with Crippen molar-refractivity contribution in [3.05, 3.63) is 54.2 Å². The average molecular weight is 453 g/mol. The van der Waals surface area contributed by atoms with Crippen LogP contribution >= 0.6 is 24.0 Å². The lowest BCUT2D eigenvalue weighted by atomic mass is 10.3. The molecule has 0 bridgehead atoms. The van der Waals surface area contributed by atoms with Crippen molar-refractivity contribution in [3.8, 4) is 0 Å². The molecule has 3 aromatic heterocycles. The van der Waals surface area contributed by atoms with E-state index in [4.69, 9.17) is 0 Å². The zero-order chi connectivity index (χ0) is 16.8. The lowest BCUT2D eigenvalue weighted by molar-refractivity contribution is 0.763. The maximum absolute atomic E-state index is 4.62. The average Bonchev–Trinajstić information content (AvgIpc) is 3.19. The molecule has 0 aliphatic rings. The molecule has 3 aromatic rings. The van der Waals surface area contributed by atoms with Crippen molar-refractivity contribution < 1.29 is 0 Å². The summed E-state index contributed by atoms with van der Waals surface area (Å²) < 4.78 is 4.04. The van der Waals surface area contributed by atoms with Crippen LogP contribution in [0.15, 0.2) is 47.8 Å². The number of halogens is 1. The maximum Gasteiger partial charge on any atom is 0.191 e. The zero-order valence-corrected chi connectivity index (χ0v) is 16.8. The summed E-state index contributed by atoms with van der Waals surface area (Å²) in [5.41, 5.74) is 2.07. The second-order valence-corrected chi connectivity index (χ2v) is 5.60. The van der Waals surface area contributed by atoms with Gasteiger partial charge in [0.15, 0.2) is 11.6 Å². The molecule has 0 aliphatic carbocycles. The summed E-state index contributed by atoms with van der Waals surface area (Å²) >= 11 is 0. The highest BCUT2D eigenvalue weighted by Gasteiger charge is 2.05. The van der Waals surface area contributed by atoms with Crippen molar-refractivity contribution >= 4 is 35.6 Å². The van der Waals surface area contributed by atoms with E-state index in [9.17, 15) is 0 Å². The number of aryl methyl sites for hydroxylation is 1. The number of aliphatic imine (C=N–C) groups is 1. The SMILES string of the molecule is CCNC(=NCc1ccn(C)c1)NCCc1nnc2ccccn12.I. The molecule has 0 radical (unpaired) electrons. The van der Waals surface area contributed by atoms with E-state index in [1.807, 2.05) is 46.6 Å². The summed E-state index contributed by atoms with van der Waals surface area (Å²) in [5, 5.41) is 15.0. The third-order valence-electron chi connectivity index (χ3n) is 3.68. The van der Waals surface area contributed by atoms with Crippen LogP contribution in [0, 0.1) is 0 Å². The number of hydrogen-bond donors (Lipinski definition) is 2. The van der Waals surface area contributed by atoms with Gasteiger partial charge >= 0.3 is 0 Å². The highest BCUT2D eigenvalue weighted by Crippen LogP contribution is 2.03. The molecule has 0 saturated carbocycles. The van der Waals surface area contributed by atoms with Gasteiger partial charge in [-0.25, -0.2) is 4.99 Å². The fraction of sp³-hybridized carbons (Fsp3) is 0.353. The van der Waals surface area contributed by atoms with Crippen LogP contribution in [0.3, 0.4) is 0 Å². The van der Waals surface area contributed by atoms with Gasteiger partial charge in [-0.15, -0.1) is 34.2 Å². The number of fused-ring (bicyclic) bond motifs is 1. The Kier molecular flexibility index (Phi) is 7.23. The Morgan fingerprint density at radius 3 is 2.80 bits per heavy atom. The van der Waals surface area contributed by atoms with Crippen molar-refractivity contribution in [1.82, 2.24) is 29.8 Å². The number of hydrogen-bond acceptors (Lipinski definition) is 3. The van der Waals surface area contributed by atoms with Gasteiger partial charge < -0.3 is 15.2 Å². The summed E-state index contributed by atoms with van der Waals surface area (Å²) in [7, 11) is 2.01. The van der Waals surface area contributed by atoms with Gasteiger partial charge in [0, 0.05) is 45.1 Å². The van der Waals surface area contributed by atoms with Crippen LogP contribution in [-0.2, 0) is 20.0 Å². The minimum atomic E-state index is 0.